The Morgan fingerprint density at radius 2 is 1.92 bits per heavy atom. The molecule has 4 saturated heterocycles. The number of hydrogen-bond donors (Lipinski definition) is 0. The van der Waals surface area contributed by atoms with Crippen LogP contribution in [0.15, 0.2) is 48.7 Å². The van der Waals surface area contributed by atoms with E-state index in [2.05, 4.69) is 24.8 Å². The fraction of sp³-hybridized carbons (Fsp3) is 0.459. The topological polar surface area (TPSA) is 77.9 Å². The molecular formula is C37H41ClF3N7O2. The summed E-state index contributed by atoms with van der Waals surface area (Å²) in [6.07, 6.45) is 9.74. The Morgan fingerprint density at radius 1 is 1.08 bits per heavy atom. The van der Waals surface area contributed by atoms with E-state index in [-0.39, 0.29) is 34.2 Å². The van der Waals surface area contributed by atoms with Crippen LogP contribution < -0.4 is 9.64 Å². The van der Waals surface area contributed by atoms with E-state index in [0.717, 1.165) is 32.4 Å². The zero-order valence-electron chi connectivity index (χ0n) is 28.5. The van der Waals surface area contributed by atoms with Crippen molar-refractivity contribution in [3.05, 3.63) is 65.3 Å². The molecule has 4 atom stereocenters. The smallest absolute Gasteiger partial charge is 0.318 e. The largest absolute Gasteiger partial charge is 0.467 e. The van der Waals surface area contributed by atoms with E-state index in [9.17, 15) is 13.6 Å². The molecule has 8 rings (SSSR count). The number of pyridine rings is 1. The molecule has 6 heterocycles. The average molecular weight is 708 g/mol. The number of alkyl halides is 1. The van der Waals surface area contributed by atoms with Gasteiger partial charge in [-0.1, -0.05) is 41.9 Å². The summed E-state index contributed by atoms with van der Waals surface area (Å²) in [5, 5.41) is 1.32. The number of benzene rings is 2. The van der Waals surface area contributed by atoms with Crippen LogP contribution >= 0.6 is 11.6 Å². The molecule has 0 radical (unpaired) electrons. The van der Waals surface area contributed by atoms with Crippen molar-refractivity contribution in [2.75, 3.05) is 58.8 Å². The Kier molecular flexibility index (Phi) is 9.87. The number of rotatable bonds is 6. The molecule has 2 aromatic carbocycles. The van der Waals surface area contributed by atoms with Crippen molar-refractivity contribution in [3.63, 3.8) is 0 Å². The molecule has 0 bridgehead atoms. The molecule has 1 amide bonds. The van der Waals surface area contributed by atoms with Crippen LogP contribution in [-0.2, 0) is 4.79 Å². The zero-order valence-corrected chi connectivity index (χ0v) is 29.2. The fourth-order valence-corrected chi connectivity index (χ4v) is 7.89. The van der Waals surface area contributed by atoms with Gasteiger partial charge < -0.3 is 14.5 Å². The Morgan fingerprint density at radius 3 is 2.66 bits per heavy atom. The molecule has 4 fully saturated rings. The number of amides is 1. The van der Waals surface area contributed by atoms with Gasteiger partial charge in [0, 0.05) is 74.6 Å². The number of ether oxygens (including phenoxy) is 1. The molecule has 4 aromatic rings. The van der Waals surface area contributed by atoms with E-state index in [0.29, 0.717) is 59.3 Å². The number of fused-ring (bicyclic) bond motifs is 3. The van der Waals surface area contributed by atoms with E-state index in [1.165, 1.54) is 32.2 Å². The number of likely N-dealkylation sites (N-methyl/N-ethyl adjacent to an activating group) is 2. The zero-order chi connectivity index (χ0) is 35.1. The lowest BCUT2D eigenvalue weighted by atomic mass is 10.0. The number of aromatic nitrogens is 3. The summed E-state index contributed by atoms with van der Waals surface area (Å²) < 4.78 is 48.5. The third kappa shape index (κ3) is 6.60. The highest BCUT2D eigenvalue weighted by atomic mass is 35.5. The second-order valence-electron chi connectivity index (χ2n) is 13.6. The van der Waals surface area contributed by atoms with Crippen LogP contribution in [0.2, 0.25) is 5.02 Å². The maximum Gasteiger partial charge on any atom is 0.318 e. The first-order chi connectivity index (χ1) is 24.1. The summed E-state index contributed by atoms with van der Waals surface area (Å²) in [5.41, 5.74) is 0.364. The number of nitrogens with zero attached hydrogens (tertiary/aromatic N) is 7. The lowest BCUT2D eigenvalue weighted by Gasteiger charge is -2.35. The number of likely N-dealkylation sites (tertiary alicyclic amines) is 2. The Balaban J connectivity index is 0.000000375. The molecule has 0 N–H and O–H groups in total. The number of carbonyl (C=O) groups excluding carboxylic acids is 1. The van der Waals surface area contributed by atoms with E-state index in [1.807, 2.05) is 30.0 Å². The summed E-state index contributed by atoms with van der Waals surface area (Å²) in [5.74, 6) is -0.873. The van der Waals surface area contributed by atoms with Crippen molar-refractivity contribution in [3.8, 4) is 17.3 Å². The standard InChI is InChI=1S/C30H29ClF2N6O2.C7H12FN/c1-37-13-11-18(37)8-10-23(40)39-14-12-19(16-39)38(2)29-21-15-34-27(26(33)28(21)35-30(36-29)41-3)20-6-4-5-17-7-9-22(32)25(31)24(17)20;8-6-4-7-2-1-3-9(7)5-6/h4-10,15,18-19H,11-14,16H2,1-3H3;6-7H,1-5H2/b10-8+;. The Bertz CT molecular complexity index is 1930. The van der Waals surface area contributed by atoms with Crippen LogP contribution in [0.5, 0.6) is 6.01 Å². The first-order valence-electron chi connectivity index (χ1n) is 17.2. The first-order valence-corrected chi connectivity index (χ1v) is 17.6. The van der Waals surface area contributed by atoms with Crippen LogP contribution in [0.25, 0.3) is 32.9 Å². The quantitative estimate of drug-likeness (QED) is 0.217. The van der Waals surface area contributed by atoms with E-state index in [4.69, 9.17) is 16.3 Å². The van der Waals surface area contributed by atoms with Crippen LogP contribution in [0.3, 0.4) is 0 Å². The Labute approximate surface area is 294 Å². The van der Waals surface area contributed by atoms with E-state index in [1.54, 1.807) is 30.3 Å². The van der Waals surface area contributed by atoms with E-state index >= 15 is 4.39 Å². The lowest BCUT2D eigenvalue weighted by Crippen LogP contribution is -2.43. The van der Waals surface area contributed by atoms with Gasteiger partial charge in [-0.25, -0.2) is 13.2 Å². The van der Waals surface area contributed by atoms with Gasteiger partial charge in [0.25, 0.3) is 0 Å². The predicted octanol–water partition coefficient (Wildman–Crippen LogP) is 6.28. The molecule has 4 aliphatic rings. The summed E-state index contributed by atoms with van der Waals surface area (Å²) in [6, 6.07) is 8.91. The maximum atomic E-state index is 16.2. The minimum atomic E-state index is -0.694. The Hall–Kier alpha value is -4.00. The van der Waals surface area contributed by atoms with Gasteiger partial charge in [-0.15, -0.1) is 0 Å². The minimum absolute atomic E-state index is 0.00382. The average Bonchev–Trinajstić information content (AvgIpc) is 3.86. The molecule has 2 aromatic heterocycles. The minimum Gasteiger partial charge on any atom is -0.467 e. The molecular weight excluding hydrogens is 667 g/mol. The number of halogens is 4. The highest BCUT2D eigenvalue weighted by molar-refractivity contribution is 6.36. The second kappa shape index (κ2) is 14.3. The van der Waals surface area contributed by atoms with Gasteiger partial charge in [-0.2, -0.15) is 9.97 Å². The lowest BCUT2D eigenvalue weighted by molar-refractivity contribution is -0.125. The van der Waals surface area contributed by atoms with Gasteiger partial charge in [0.1, 0.15) is 29.0 Å². The van der Waals surface area contributed by atoms with Gasteiger partial charge in [-0.05, 0) is 57.1 Å². The summed E-state index contributed by atoms with van der Waals surface area (Å²) in [7, 11) is 5.32. The molecule has 50 heavy (non-hydrogen) atoms. The van der Waals surface area contributed by atoms with Gasteiger partial charge in [-0.3, -0.25) is 19.6 Å². The summed E-state index contributed by atoms with van der Waals surface area (Å²) in [4.78, 5) is 34.3. The van der Waals surface area contributed by atoms with Crippen molar-refractivity contribution in [2.24, 2.45) is 0 Å². The third-order valence-electron chi connectivity index (χ3n) is 10.6. The molecule has 264 valence electrons. The van der Waals surface area contributed by atoms with Crippen LogP contribution in [0.4, 0.5) is 19.0 Å². The number of anilines is 1. The summed E-state index contributed by atoms with van der Waals surface area (Å²) >= 11 is 6.31. The summed E-state index contributed by atoms with van der Waals surface area (Å²) in [6.45, 7) is 4.01. The van der Waals surface area contributed by atoms with Crippen LogP contribution in [-0.4, -0.2) is 114 Å². The third-order valence-corrected chi connectivity index (χ3v) is 11.0. The van der Waals surface area contributed by atoms with Crippen molar-refractivity contribution in [1.82, 2.24) is 29.7 Å². The SMILES string of the molecule is COc1nc(N(C)C2CCN(C(=O)/C=C/C3CCN3C)C2)c2cnc(-c3cccc4ccc(F)c(Cl)c34)c(F)c2n1.FC1CC2CCCN2C1. The van der Waals surface area contributed by atoms with Gasteiger partial charge in [0.2, 0.25) is 5.91 Å². The second-order valence-corrected chi connectivity index (χ2v) is 14.0. The molecule has 4 aliphatic heterocycles. The van der Waals surface area contributed by atoms with Gasteiger partial charge >= 0.3 is 6.01 Å². The number of methoxy groups -OCH3 is 1. The van der Waals surface area contributed by atoms with Crippen molar-refractivity contribution < 1.29 is 22.7 Å². The van der Waals surface area contributed by atoms with Crippen molar-refractivity contribution in [1.29, 1.82) is 0 Å². The van der Waals surface area contributed by atoms with Gasteiger partial charge in [0.15, 0.2) is 5.82 Å². The maximum absolute atomic E-state index is 16.2. The van der Waals surface area contributed by atoms with Crippen molar-refractivity contribution >= 4 is 45.0 Å². The normalized spacial score (nSPS) is 23.7. The molecule has 0 saturated carbocycles. The van der Waals surface area contributed by atoms with Crippen LogP contribution in [0, 0.1) is 11.6 Å². The van der Waals surface area contributed by atoms with E-state index < -0.39 is 17.8 Å². The molecule has 9 nitrogen and oxygen atoms in total. The fourth-order valence-electron chi connectivity index (χ4n) is 7.61. The molecule has 0 spiro atoms. The van der Waals surface area contributed by atoms with Crippen LogP contribution in [0.1, 0.15) is 32.1 Å². The number of carbonyl (C=O) groups is 1. The van der Waals surface area contributed by atoms with Gasteiger partial charge in [0.05, 0.1) is 17.5 Å². The highest BCUT2D eigenvalue weighted by Crippen LogP contribution is 2.38. The molecule has 0 aliphatic carbocycles. The first kappa shape index (κ1) is 34.4. The molecule has 4 unspecified atom stereocenters. The highest BCUT2D eigenvalue weighted by Gasteiger charge is 2.35. The number of hydrogen-bond acceptors (Lipinski definition) is 8. The predicted molar refractivity (Wildman–Crippen MR) is 189 cm³/mol. The van der Waals surface area contributed by atoms with Crippen molar-refractivity contribution in [2.45, 2.75) is 56.4 Å². The molecule has 13 heteroatoms. The monoisotopic (exact) mass is 707 g/mol.